The van der Waals surface area contributed by atoms with Gasteiger partial charge >= 0.3 is 0 Å². The highest BCUT2D eigenvalue weighted by Gasteiger charge is 2.16. The van der Waals surface area contributed by atoms with E-state index in [0.29, 0.717) is 6.10 Å². The van der Waals surface area contributed by atoms with E-state index < -0.39 is 0 Å². The van der Waals surface area contributed by atoms with Crippen molar-refractivity contribution in [2.24, 2.45) is 0 Å². The van der Waals surface area contributed by atoms with Crippen molar-refractivity contribution in [1.82, 2.24) is 14.9 Å². The number of anilines is 1. The van der Waals surface area contributed by atoms with Gasteiger partial charge in [0.2, 0.25) is 0 Å². The van der Waals surface area contributed by atoms with Gasteiger partial charge in [0.15, 0.2) is 0 Å². The van der Waals surface area contributed by atoms with Crippen LogP contribution in [0, 0.1) is 0 Å². The number of rotatable bonds is 5. The van der Waals surface area contributed by atoms with Crippen LogP contribution in [-0.4, -0.2) is 40.7 Å². The number of fused-ring (bicyclic) bond motifs is 1. The van der Waals surface area contributed by atoms with Gasteiger partial charge in [0.05, 0.1) is 18.2 Å². The summed E-state index contributed by atoms with van der Waals surface area (Å²) in [6, 6.07) is 14.8. The van der Waals surface area contributed by atoms with Crippen LogP contribution in [-0.2, 0) is 17.8 Å². The van der Waals surface area contributed by atoms with Crippen molar-refractivity contribution in [3.05, 3.63) is 64.4 Å². The van der Waals surface area contributed by atoms with Crippen molar-refractivity contribution in [2.75, 3.05) is 25.0 Å². The molecule has 27 heavy (non-hydrogen) atoms. The SMILES string of the molecule is CC1CN(Cc2cccc(CNc3ncnc4ccc(Br)cc34)c2)CCO1. The van der Waals surface area contributed by atoms with E-state index in [1.54, 1.807) is 6.33 Å². The highest BCUT2D eigenvalue weighted by Crippen LogP contribution is 2.24. The molecule has 3 aromatic rings. The van der Waals surface area contributed by atoms with Crippen molar-refractivity contribution >= 4 is 32.7 Å². The third-order valence-corrected chi connectivity index (χ3v) is 5.27. The number of ether oxygens (including phenoxy) is 1. The van der Waals surface area contributed by atoms with E-state index >= 15 is 0 Å². The van der Waals surface area contributed by atoms with Gasteiger partial charge in [-0.1, -0.05) is 40.2 Å². The Balaban J connectivity index is 1.45. The van der Waals surface area contributed by atoms with Gasteiger partial charge in [0.1, 0.15) is 12.1 Å². The van der Waals surface area contributed by atoms with Crippen LogP contribution in [0.4, 0.5) is 5.82 Å². The molecule has 0 bridgehead atoms. The molecule has 1 unspecified atom stereocenters. The van der Waals surface area contributed by atoms with E-state index in [4.69, 9.17) is 4.74 Å². The Kier molecular flexibility index (Phi) is 5.66. The Hall–Kier alpha value is -2.02. The number of morpholine rings is 1. The van der Waals surface area contributed by atoms with E-state index in [2.05, 4.69) is 67.3 Å². The van der Waals surface area contributed by atoms with Gasteiger partial charge in [-0.25, -0.2) is 9.97 Å². The maximum atomic E-state index is 5.63. The van der Waals surface area contributed by atoms with Crippen molar-refractivity contribution in [1.29, 1.82) is 0 Å². The van der Waals surface area contributed by atoms with Gasteiger partial charge in [-0.05, 0) is 36.2 Å². The lowest BCUT2D eigenvalue weighted by Crippen LogP contribution is -2.40. The summed E-state index contributed by atoms with van der Waals surface area (Å²) >= 11 is 3.53. The number of benzene rings is 2. The molecule has 2 aromatic carbocycles. The fourth-order valence-corrected chi connectivity index (χ4v) is 3.85. The number of hydrogen-bond acceptors (Lipinski definition) is 5. The molecule has 4 rings (SSSR count). The summed E-state index contributed by atoms with van der Waals surface area (Å²) in [5, 5.41) is 4.48. The van der Waals surface area contributed by atoms with Gasteiger partial charge in [-0.2, -0.15) is 0 Å². The normalized spacial score (nSPS) is 17.9. The summed E-state index contributed by atoms with van der Waals surface area (Å²) in [6.07, 6.45) is 1.92. The average molecular weight is 427 g/mol. The molecule has 1 aromatic heterocycles. The first kappa shape index (κ1) is 18.3. The highest BCUT2D eigenvalue weighted by atomic mass is 79.9. The minimum absolute atomic E-state index is 0.314. The summed E-state index contributed by atoms with van der Waals surface area (Å²) in [5.41, 5.74) is 3.51. The van der Waals surface area contributed by atoms with Gasteiger partial charge in [0.25, 0.3) is 0 Å². The second kappa shape index (κ2) is 8.33. The van der Waals surface area contributed by atoms with Crippen LogP contribution < -0.4 is 5.32 Å². The molecule has 1 fully saturated rings. The molecule has 0 aliphatic carbocycles. The molecule has 6 heteroatoms. The minimum Gasteiger partial charge on any atom is -0.376 e. The van der Waals surface area contributed by atoms with Crippen molar-refractivity contribution < 1.29 is 4.74 Å². The van der Waals surface area contributed by atoms with E-state index in [1.165, 1.54) is 11.1 Å². The summed E-state index contributed by atoms with van der Waals surface area (Å²) in [4.78, 5) is 11.2. The third kappa shape index (κ3) is 4.64. The van der Waals surface area contributed by atoms with Crippen LogP contribution in [0.2, 0.25) is 0 Å². The molecule has 1 saturated heterocycles. The molecule has 0 saturated carbocycles. The first-order chi connectivity index (χ1) is 13.2. The first-order valence-corrected chi connectivity index (χ1v) is 10.0. The van der Waals surface area contributed by atoms with Crippen LogP contribution >= 0.6 is 15.9 Å². The maximum absolute atomic E-state index is 5.63. The second-order valence-corrected chi connectivity index (χ2v) is 7.89. The lowest BCUT2D eigenvalue weighted by atomic mass is 10.1. The molecular weight excluding hydrogens is 404 g/mol. The number of halogens is 1. The fourth-order valence-electron chi connectivity index (χ4n) is 3.49. The van der Waals surface area contributed by atoms with E-state index in [1.807, 2.05) is 18.2 Å². The molecular formula is C21H23BrN4O. The van der Waals surface area contributed by atoms with Gasteiger partial charge in [0, 0.05) is 36.0 Å². The maximum Gasteiger partial charge on any atom is 0.137 e. The van der Waals surface area contributed by atoms with Crippen LogP contribution in [0.15, 0.2) is 53.3 Å². The average Bonchev–Trinajstić information content (AvgIpc) is 2.67. The number of nitrogens with zero attached hydrogens (tertiary/aromatic N) is 3. The van der Waals surface area contributed by atoms with Gasteiger partial charge < -0.3 is 10.1 Å². The predicted molar refractivity (Wildman–Crippen MR) is 112 cm³/mol. The van der Waals surface area contributed by atoms with Crippen molar-refractivity contribution in [2.45, 2.75) is 26.1 Å². The third-order valence-electron chi connectivity index (χ3n) is 4.78. The summed E-state index contributed by atoms with van der Waals surface area (Å²) in [7, 11) is 0. The Bertz CT molecular complexity index is 933. The molecule has 2 heterocycles. The number of hydrogen-bond donors (Lipinski definition) is 1. The highest BCUT2D eigenvalue weighted by molar-refractivity contribution is 9.10. The second-order valence-electron chi connectivity index (χ2n) is 6.97. The number of aromatic nitrogens is 2. The molecule has 0 radical (unpaired) electrons. The van der Waals surface area contributed by atoms with E-state index in [0.717, 1.165) is 54.0 Å². The van der Waals surface area contributed by atoms with Crippen LogP contribution in [0.3, 0.4) is 0 Å². The van der Waals surface area contributed by atoms with Crippen molar-refractivity contribution in [3.8, 4) is 0 Å². The summed E-state index contributed by atoms with van der Waals surface area (Å²) in [5.74, 6) is 0.855. The van der Waals surface area contributed by atoms with E-state index in [9.17, 15) is 0 Å². The number of nitrogens with one attached hydrogen (secondary N) is 1. The van der Waals surface area contributed by atoms with E-state index in [-0.39, 0.29) is 0 Å². The largest absolute Gasteiger partial charge is 0.376 e. The fraction of sp³-hybridized carbons (Fsp3) is 0.333. The Morgan fingerprint density at radius 2 is 2.07 bits per heavy atom. The summed E-state index contributed by atoms with van der Waals surface area (Å²) in [6.45, 7) is 6.63. The zero-order valence-electron chi connectivity index (χ0n) is 15.4. The smallest absolute Gasteiger partial charge is 0.137 e. The monoisotopic (exact) mass is 426 g/mol. The molecule has 1 atom stereocenters. The van der Waals surface area contributed by atoms with Gasteiger partial charge in [-0.15, -0.1) is 0 Å². The molecule has 1 N–H and O–H groups in total. The molecule has 1 aliphatic rings. The molecule has 140 valence electrons. The van der Waals surface area contributed by atoms with Crippen LogP contribution in [0.25, 0.3) is 10.9 Å². The van der Waals surface area contributed by atoms with Crippen LogP contribution in [0.1, 0.15) is 18.1 Å². The quantitative estimate of drug-likeness (QED) is 0.661. The van der Waals surface area contributed by atoms with Crippen molar-refractivity contribution in [3.63, 3.8) is 0 Å². The Labute approximate surface area is 167 Å². The minimum atomic E-state index is 0.314. The standard InChI is InChI=1S/C21H23BrN4O/c1-15-12-26(7-8-27-15)13-17-4-2-3-16(9-17)11-23-21-19-10-18(22)5-6-20(19)24-14-25-21/h2-6,9-10,14-15H,7-8,11-13H2,1H3,(H,23,24,25). The molecule has 0 spiro atoms. The predicted octanol–water partition coefficient (Wildman–Crippen LogP) is 4.23. The van der Waals surface area contributed by atoms with Crippen LogP contribution in [0.5, 0.6) is 0 Å². The topological polar surface area (TPSA) is 50.3 Å². The molecule has 5 nitrogen and oxygen atoms in total. The first-order valence-electron chi connectivity index (χ1n) is 9.23. The zero-order valence-corrected chi connectivity index (χ0v) is 16.9. The lowest BCUT2D eigenvalue weighted by molar-refractivity contribution is -0.0212. The van der Waals surface area contributed by atoms with Gasteiger partial charge in [-0.3, -0.25) is 4.90 Å². The molecule has 1 aliphatic heterocycles. The molecule has 0 amide bonds. The zero-order chi connectivity index (χ0) is 18.6. The summed E-state index contributed by atoms with van der Waals surface area (Å²) < 4.78 is 6.66. The lowest BCUT2D eigenvalue weighted by Gasteiger charge is -2.31. The Morgan fingerprint density at radius 1 is 1.19 bits per heavy atom. The Morgan fingerprint density at radius 3 is 2.96 bits per heavy atom.